The van der Waals surface area contributed by atoms with Gasteiger partial charge in [0.2, 0.25) is 0 Å². The number of thiol groups is 1. The van der Waals surface area contributed by atoms with Gasteiger partial charge in [0.05, 0.1) is 0 Å². The van der Waals surface area contributed by atoms with Gasteiger partial charge in [0.25, 0.3) is 0 Å². The van der Waals surface area contributed by atoms with E-state index in [9.17, 15) is 0 Å². The van der Waals surface area contributed by atoms with Gasteiger partial charge >= 0.3 is 0 Å². The van der Waals surface area contributed by atoms with Crippen molar-refractivity contribution in [2.24, 2.45) is 0 Å². The molecular formula is C23H42OS. The van der Waals surface area contributed by atoms with Gasteiger partial charge in [0, 0.05) is 5.25 Å². The summed E-state index contributed by atoms with van der Waals surface area (Å²) in [6.45, 7) is 2.29. The van der Waals surface area contributed by atoms with Crippen LogP contribution in [0, 0.1) is 0 Å². The van der Waals surface area contributed by atoms with E-state index in [0.717, 1.165) is 6.42 Å². The smallest absolute Gasteiger partial charge is 0.00572 e. The van der Waals surface area contributed by atoms with Crippen LogP contribution in [0.5, 0.6) is 0 Å². The molecule has 1 aromatic carbocycles. The van der Waals surface area contributed by atoms with Crippen molar-refractivity contribution < 1.29 is 5.48 Å². The van der Waals surface area contributed by atoms with Crippen LogP contribution in [0.25, 0.3) is 0 Å². The lowest BCUT2D eigenvalue weighted by atomic mass is 10.0. The summed E-state index contributed by atoms with van der Waals surface area (Å²) < 4.78 is 0. The van der Waals surface area contributed by atoms with E-state index in [-0.39, 0.29) is 5.48 Å². The van der Waals surface area contributed by atoms with Gasteiger partial charge in [0.1, 0.15) is 0 Å². The third-order valence-corrected chi connectivity index (χ3v) is 5.40. The number of hydrogen-bond donors (Lipinski definition) is 1. The highest BCUT2D eigenvalue weighted by Gasteiger charge is 2.04. The van der Waals surface area contributed by atoms with Crippen LogP contribution in [0.4, 0.5) is 0 Å². The van der Waals surface area contributed by atoms with Crippen molar-refractivity contribution in [1.29, 1.82) is 0 Å². The molecule has 0 aliphatic rings. The van der Waals surface area contributed by atoms with E-state index in [0.29, 0.717) is 5.25 Å². The van der Waals surface area contributed by atoms with Crippen LogP contribution < -0.4 is 0 Å². The lowest BCUT2D eigenvalue weighted by molar-refractivity contribution is 0.534. The summed E-state index contributed by atoms with van der Waals surface area (Å²) in [5.74, 6) is 0. The minimum Gasteiger partial charge on any atom is -0.412 e. The molecular weight excluding hydrogens is 324 g/mol. The molecule has 0 bridgehead atoms. The Labute approximate surface area is 162 Å². The molecule has 146 valence electrons. The van der Waals surface area contributed by atoms with Gasteiger partial charge < -0.3 is 5.48 Å². The summed E-state index contributed by atoms with van der Waals surface area (Å²) in [6, 6.07) is 10.8. The molecule has 0 fully saturated rings. The van der Waals surface area contributed by atoms with Crippen molar-refractivity contribution in [3.8, 4) is 0 Å². The number of unbranched alkanes of at least 4 members (excludes halogenated alkanes) is 12. The zero-order valence-electron chi connectivity index (χ0n) is 16.5. The first-order valence-electron chi connectivity index (χ1n) is 10.5. The van der Waals surface area contributed by atoms with E-state index in [2.05, 4.69) is 37.3 Å². The molecule has 0 aromatic heterocycles. The first kappa shape index (κ1) is 24.5. The predicted octanol–water partition coefficient (Wildman–Crippen LogP) is 7.18. The summed E-state index contributed by atoms with van der Waals surface area (Å²) in [4.78, 5) is 0. The molecule has 0 amide bonds. The minimum absolute atomic E-state index is 0. The highest BCUT2D eigenvalue weighted by molar-refractivity contribution is 7.80. The highest BCUT2D eigenvalue weighted by Crippen LogP contribution is 2.16. The minimum atomic E-state index is 0. The maximum atomic E-state index is 4.75. The third kappa shape index (κ3) is 15.5. The third-order valence-electron chi connectivity index (χ3n) is 4.96. The van der Waals surface area contributed by atoms with Crippen LogP contribution in [-0.2, 0) is 6.42 Å². The second-order valence-corrected chi connectivity index (χ2v) is 8.11. The Morgan fingerprint density at radius 2 is 1.12 bits per heavy atom. The van der Waals surface area contributed by atoms with Gasteiger partial charge in [0.15, 0.2) is 0 Å². The lowest BCUT2D eigenvalue weighted by Gasteiger charge is -2.10. The van der Waals surface area contributed by atoms with Crippen molar-refractivity contribution in [2.75, 3.05) is 0 Å². The molecule has 0 saturated carbocycles. The molecule has 1 aromatic rings. The maximum Gasteiger partial charge on any atom is 0.00572 e. The van der Waals surface area contributed by atoms with Gasteiger partial charge in [-0.1, -0.05) is 121 Å². The van der Waals surface area contributed by atoms with E-state index in [4.69, 9.17) is 12.6 Å². The van der Waals surface area contributed by atoms with Crippen molar-refractivity contribution in [3.63, 3.8) is 0 Å². The fraction of sp³-hybridized carbons (Fsp3) is 0.739. The molecule has 0 radical (unpaired) electrons. The molecule has 0 saturated heterocycles. The van der Waals surface area contributed by atoms with Crippen LogP contribution in [-0.4, -0.2) is 10.7 Å². The van der Waals surface area contributed by atoms with Gasteiger partial charge in [-0.15, -0.1) is 0 Å². The molecule has 1 unspecified atom stereocenters. The molecule has 0 heterocycles. The Morgan fingerprint density at radius 3 is 1.60 bits per heavy atom. The van der Waals surface area contributed by atoms with Gasteiger partial charge in [-0.3, -0.25) is 0 Å². The molecule has 1 nitrogen and oxygen atoms in total. The van der Waals surface area contributed by atoms with E-state index in [1.54, 1.807) is 0 Å². The normalized spacial score (nSPS) is 11.9. The summed E-state index contributed by atoms with van der Waals surface area (Å²) in [5, 5.41) is 0.528. The second-order valence-electron chi connectivity index (χ2n) is 7.37. The monoisotopic (exact) mass is 366 g/mol. The second kappa shape index (κ2) is 18.3. The number of rotatable bonds is 16. The largest absolute Gasteiger partial charge is 0.412 e. The summed E-state index contributed by atoms with van der Waals surface area (Å²) in [5.41, 5.74) is 1.42. The standard InChI is InChI=1S/C23H40S.H2O/c1-2-3-4-5-6-7-8-9-10-11-12-13-17-20-23(24)21-22-18-15-14-16-19-22;/h14-16,18-19,23-24H,2-13,17,20-21H2,1H3;1H2. The quantitative estimate of drug-likeness (QED) is 0.237. The summed E-state index contributed by atoms with van der Waals surface area (Å²) in [6.07, 6.45) is 21.0. The highest BCUT2D eigenvalue weighted by atomic mass is 32.1. The fourth-order valence-corrected chi connectivity index (χ4v) is 3.78. The number of hydrogen-bond acceptors (Lipinski definition) is 1. The van der Waals surface area contributed by atoms with Crippen molar-refractivity contribution in [1.82, 2.24) is 0 Å². The molecule has 1 rings (SSSR count). The first-order chi connectivity index (χ1) is 11.8. The molecule has 0 aliphatic heterocycles. The average Bonchev–Trinajstić information content (AvgIpc) is 2.60. The Bertz CT molecular complexity index is 366. The first-order valence-corrected chi connectivity index (χ1v) is 11.1. The maximum absolute atomic E-state index is 4.75. The van der Waals surface area contributed by atoms with E-state index in [1.807, 2.05) is 0 Å². The summed E-state index contributed by atoms with van der Waals surface area (Å²) in [7, 11) is 0. The molecule has 25 heavy (non-hydrogen) atoms. The van der Waals surface area contributed by atoms with E-state index < -0.39 is 0 Å². The van der Waals surface area contributed by atoms with Gasteiger partial charge in [-0.2, -0.15) is 12.6 Å². The molecule has 0 aliphatic carbocycles. The SMILES string of the molecule is CCCCCCCCCCCCCCCC(S)Cc1ccccc1.O. The Balaban J connectivity index is 0.00000576. The van der Waals surface area contributed by atoms with Crippen LogP contribution in [0.3, 0.4) is 0 Å². The number of benzene rings is 1. The van der Waals surface area contributed by atoms with Crippen LogP contribution in [0.15, 0.2) is 30.3 Å². The van der Waals surface area contributed by atoms with Gasteiger partial charge in [-0.25, -0.2) is 0 Å². The van der Waals surface area contributed by atoms with Crippen LogP contribution in [0.1, 0.15) is 102 Å². The zero-order valence-corrected chi connectivity index (χ0v) is 17.4. The zero-order chi connectivity index (χ0) is 17.3. The Kier molecular flexibility index (Phi) is 18.0. The summed E-state index contributed by atoms with van der Waals surface area (Å²) >= 11 is 4.75. The van der Waals surface area contributed by atoms with Crippen LogP contribution in [0.2, 0.25) is 0 Å². The van der Waals surface area contributed by atoms with Crippen LogP contribution >= 0.6 is 12.6 Å². The predicted molar refractivity (Wildman–Crippen MR) is 117 cm³/mol. The van der Waals surface area contributed by atoms with E-state index in [1.165, 1.54) is 95.5 Å². The van der Waals surface area contributed by atoms with Crippen molar-refractivity contribution in [2.45, 2.75) is 108 Å². The molecule has 0 spiro atoms. The van der Waals surface area contributed by atoms with Crippen molar-refractivity contribution >= 4 is 12.6 Å². The Hall–Kier alpha value is -0.470. The topological polar surface area (TPSA) is 31.5 Å². The average molecular weight is 367 g/mol. The Morgan fingerprint density at radius 1 is 0.680 bits per heavy atom. The van der Waals surface area contributed by atoms with E-state index >= 15 is 0 Å². The molecule has 2 N–H and O–H groups in total. The lowest BCUT2D eigenvalue weighted by Crippen LogP contribution is -2.03. The fourth-order valence-electron chi connectivity index (χ4n) is 3.39. The van der Waals surface area contributed by atoms with Crippen molar-refractivity contribution in [3.05, 3.63) is 35.9 Å². The van der Waals surface area contributed by atoms with Gasteiger partial charge in [-0.05, 0) is 18.4 Å². The molecule has 2 heteroatoms. The molecule has 1 atom stereocenters.